The molecule has 1 aliphatic rings. The number of nitrogens with zero attached hydrogens (tertiary/aromatic N) is 2. The average Bonchev–Trinajstić information content (AvgIpc) is 3.01. The van der Waals surface area contributed by atoms with Gasteiger partial charge in [-0.05, 0) is 26.2 Å². The molecule has 3 nitrogen and oxygen atoms in total. The van der Waals surface area contributed by atoms with Crippen LogP contribution in [-0.4, -0.2) is 11.6 Å². The monoisotopic (exact) mass is 216 g/mol. The summed E-state index contributed by atoms with van der Waals surface area (Å²) in [5.74, 6) is 1.54. The minimum Gasteiger partial charge on any atom is -0.492 e. The van der Waals surface area contributed by atoms with Gasteiger partial charge >= 0.3 is 0 Å². The summed E-state index contributed by atoms with van der Waals surface area (Å²) in [5, 5.41) is 9.04. The normalized spacial score (nSPS) is 14.6. The zero-order valence-corrected chi connectivity index (χ0v) is 9.79. The maximum atomic E-state index is 9.04. The number of hydrogen-bond acceptors (Lipinski definition) is 3. The Balaban J connectivity index is 2.08. The number of hydrogen-bond donors (Lipinski definition) is 0. The van der Waals surface area contributed by atoms with E-state index in [1.807, 2.05) is 19.9 Å². The standard InChI is InChI=1S/C13H16N2O/c1-9-7-13(12(8-14)10(2)15-9)16-6-5-11-3-4-11/h7,11H,3-6H2,1-2H3. The summed E-state index contributed by atoms with van der Waals surface area (Å²) in [6, 6.07) is 4.00. The van der Waals surface area contributed by atoms with E-state index in [4.69, 9.17) is 10.00 Å². The summed E-state index contributed by atoms with van der Waals surface area (Å²) in [7, 11) is 0. The van der Waals surface area contributed by atoms with Crippen molar-refractivity contribution >= 4 is 0 Å². The third kappa shape index (κ3) is 2.52. The van der Waals surface area contributed by atoms with Gasteiger partial charge in [0.15, 0.2) is 0 Å². The molecule has 0 amide bonds. The molecule has 0 aromatic carbocycles. The molecule has 1 heterocycles. The van der Waals surface area contributed by atoms with Gasteiger partial charge in [0.25, 0.3) is 0 Å². The molecule has 0 unspecified atom stereocenters. The van der Waals surface area contributed by atoms with Crippen LogP contribution in [0.15, 0.2) is 6.07 Å². The highest BCUT2D eigenvalue weighted by Gasteiger charge is 2.21. The van der Waals surface area contributed by atoms with Crippen LogP contribution in [0, 0.1) is 31.1 Å². The van der Waals surface area contributed by atoms with Gasteiger partial charge in [0.1, 0.15) is 17.4 Å². The zero-order valence-electron chi connectivity index (χ0n) is 9.79. The van der Waals surface area contributed by atoms with Crippen LogP contribution in [0.4, 0.5) is 0 Å². The van der Waals surface area contributed by atoms with Crippen LogP contribution < -0.4 is 4.74 Å². The molecule has 1 fully saturated rings. The van der Waals surface area contributed by atoms with Crippen molar-refractivity contribution in [1.82, 2.24) is 4.98 Å². The van der Waals surface area contributed by atoms with Crippen LogP contribution in [0.1, 0.15) is 36.2 Å². The molecule has 0 aliphatic heterocycles. The van der Waals surface area contributed by atoms with Crippen molar-refractivity contribution in [2.45, 2.75) is 33.1 Å². The van der Waals surface area contributed by atoms with E-state index in [1.54, 1.807) is 0 Å². The number of rotatable bonds is 4. The largest absolute Gasteiger partial charge is 0.492 e. The third-order valence-electron chi connectivity index (χ3n) is 2.88. The molecule has 1 aliphatic carbocycles. The van der Waals surface area contributed by atoms with E-state index >= 15 is 0 Å². The van der Waals surface area contributed by atoms with Crippen LogP contribution in [0.5, 0.6) is 5.75 Å². The van der Waals surface area contributed by atoms with Gasteiger partial charge in [0.2, 0.25) is 0 Å². The van der Waals surface area contributed by atoms with E-state index in [1.165, 1.54) is 12.8 Å². The number of aromatic nitrogens is 1. The molecule has 16 heavy (non-hydrogen) atoms. The Morgan fingerprint density at radius 2 is 2.25 bits per heavy atom. The highest BCUT2D eigenvalue weighted by atomic mass is 16.5. The van der Waals surface area contributed by atoms with Crippen molar-refractivity contribution in [3.05, 3.63) is 23.0 Å². The second kappa shape index (κ2) is 4.52. The van der Waals surface area contributed by atoms with E-state index in [0.29, 0.717) is 17.9 Å². The summed E-state index contributed by atoms with van der Waals surface area (Å²) < 4.78 is 5.68. The van der Waals surface area contributed by atoms with Gasteiger partial charge in [-0.1, -0.05) is 12.8 Å². The molecule has 0 radical (unpaired) electrons. The van der Waals surface area contributed by atoms with Crippen LogP contribution >= 0.6 is 0 Å². The summed E-state index contributed by atoms with van der Waals surface area (Å²) in [5.41, 5.74) is 2.23. The van der Waals surface area contributed by atoms with Crippen molar-refractivity contribution in [1.29, 1.82) is 5.26 Å². The van der Waals surface area contributed by atoms with Crippen LogP contribution in [0.3, 0.4) is 0 Å². The van der Waals surface area contributed by atoms with Crippen molar-refractivity contribution in [3.63, 3.8) is 0 Å². The van der Waals surface area contributed by atoms with Crippen molar-refractivity contribution in [2.75, 3.05) is 6.61 Å². The fraction of sp³-hybridized carbons (Fsp3) is 0.538. The average molecular weight is 216 g/mol. The molecule has 0 spiro atoms. The van der Waals surface area contributed by atoms with E-state index in [2.05, 4.69) is 11.1 Å². The topological polar surface area (TPSA) is 45.9 Å². The molecule has 1 aromatic heterocycles. The summed E-state index contributed by atoms with van der Waals surface area (Å²) in [4.78, 5) is 4.26. The first kappa shape index (κ1) is 10.9. The zero-order chi connectivity index (χ0) is 11.5. The summed E-state index contributed by atoms with van der Waals surface area (Å²) >= 11 is 0. The molecule has 0 bridgehead atoms. The minimum atomic E-state index is 0.571. The van der Waals surface area contributed by atoms with Gasteiger partial charge in [-0.2, -0.15) is 5.26 Å². The van der Waals surface area contributed by atoms with Crippen molar-refractivity contribution in [3.8, 4) is 11.8 Å². The Kier molecular flexibility index (Phi) is 3.09. The molecule has 0 N–H and O–H groups in total. The smallest absolute Gasteiger partial charge is 0.140 e. The lowest BCUT2D eigenvalue weighted by Gasteiger charge is -2.09. The van der Waals surface area contributed by atoms with E-state index < -0.39 is 0 Å². The number of ether oxygens (including phenoxy) is 1. The maximum absolute atomic E-state index is 9.04. The third-order valence-corrected chi connectivity index (χ3v) is 2.88. The Labute approximate surface area is 96.1 Å². The molecule has 1 aromatic rings. The lowest BCUT2D eigenvalue weighted by atomic mass is 10.2. The second-order valence-electron chi connectivity index (χ2n) is 4.41. The Morgan fingerprint density at radius 3 is 2.88 bits per heavy atom. The minimum absolute atomic E-state index is 0.571. The Bertz CT molecular complexity index is 430. The molecular formula is C13H16N2O. The lowest BCUT2D eigenvalue weighted by Crippen LogP contribution is -2.03. The van der Waals surface area contributed by atoms with Gasteiger partial charge in [-0.15, -0.1) is 0 Å². The predicted octanol–water partition coefficient (Wildman–Crippen LogP) is 2.75. The molecule has 3 heteroatoms. The molecule has 1 saturated carbocycles. The molecular weight excluding hydrogens is 200 g/mol. The second-order valence-corrected chi connectivity index (χ2v) is 4.41. The van der Waals surface area contributed by atoms with Crippen LogP contribution in [-0.2, 0) is 0 Å². The van der Waals surface area contributed by atoms with E-state index in [9.17, 15) is 0 Å². The molecule has 2 rings (SSSR count). The molecule has 84 valence electrons. The highest BCUT2D eigenvalue weighted by molar-refractivity contribution is 5.46. The highest BCUT2D eigenvalue weighted by Crippen LogP contribution is 2.32. The first-order valence-electron chi connectivity index (χ1n) is 5.72. The van der Waals surface area contributed by atoms with Gasteiger partial charge in [-0.3, -0.25) is 4.98 Å². The SMILES string of the molecule is Cc1cc(OCCC2CC2)c(C#N)c(C)n1. The number of aryl methyl sites for hydroxylation is 2. The maximum Gasteiger partial charge on any atom is 0.140 e. The number of nitriles is 1. The van der Waals surface area contributed by atoms with Gasteiger partial charge in [0, 0.05) is 11.8 Å². The Morgan fingerprint density at radius 1 is 1.50 bits per heavy atom. The molecule has 0 atom stereocenters. The van der Waals surface area contributed by atoms with Crippen molar-refractivity contribution < 1.29 is 4.74 Å². The first-order valence-corrected chi connectivity index (χ1v) is 5.72. The fourth-order valence-electron chi connectivity index (χ4n) is 1.78. The predicted molar refractivity (Wildman–Crippen MR) is 61.3 cm³/mol. The van der Waals surface area contributed by atoms with Gasteiger partial charge < -0.3 is 4.74 Å². The van der Waals surface area contributed by atoms with Gasteiger partial charge in [-0.25, -0.2) is 0 Å². The lowest BCUT2D eigenvalue weighted by molar-refractivity contribution is 0.301. The van der Waals surface area contributed by atoms with E-state index in [0.717, 1.165) is 23.7 Å². The van der Waals surface area contributed by atoms with Gasteiger partial charge in [0.05, 0.1) is 12.3 Å². The fourth-order valence-corrected chi connectivity index (χ4v) is 1.78. The number of pyridine rings is 1. The van der Waals surface area contributed by atoms with Crippen LogP contribution in [0.25, 0.3) is 0 Å². The summed E-state index contributed by atoms with van der Waals surface area (Å²) in [6.07, 6.45) is 3.77. The molecule has 0 saturated heterocycles. The first-order chi connectivity index (χ1) is 7.70. The summed E-state index contributed by atoms with van der Waals surface area (Å²) in [6.45, 7) is 4.48. The Hall–Kier alpha value is -1.56. The van der Waals surface area contributed by atoms with Crippen molar-refractivity contribution in [2.24, 2.45) is 5.92 Å². The van der Waals surface area contributed by atoms with E-state index in [-0.39, 0.29) is 0 Å². The van der Waals surface area contributed by atoms with Crippen LogP contribution in [0.2, 0.25) is 0 Å². The quantitative estimate of drug-likeness (QED) is 0.777.